The lowest BCUT2D eigenvalue weighted by atomic mass is 10.1. The summed E-state index contributed by atoms with van der Waals surface area (Å²) in [6.45, 7) is 2.09. The van der Waals surface area contributed by atoms with Crippen molar-refractivity contribution in [2.24, 2.45) is 0 Å². The van der Waals surface area contributed by atoms with Crippen molar-refractivity contribution in [1.82, 2.24) is 10.3 Å². The lowest BCUT2D eigenvalue weighted by molar-refractivity contribution is 0.405. The second-order valence-corrected chi connectivity index (χ2v) is 4.02. The van der Waals surface area contributed by atoms with Crippen LogP contribution in [0, 0.1) is 0 Å². The predicted molar refractivity (Wildman–Crippen MR) is 67.8 cm³/mol. The van der Waals surface area contributed by atoms with Crippen LogP contribution in [0.3, 0.4) is 0 Å². The number of hydrogen-bond donors (Lipinski definition) is 1. The smallest absolute Gasteiger partial charge is 0.121 e. The van der Waals surface area contributed by atoms with E-state index in [2.05, 4.69) is 17.2 Å². The highest BCUT2D eigenvalue weighted by Gasteiger charge is 2.14. The SMILES string of the molecule is CCc1ccc(C(Cc2ccccn2)NC)o1. The van der Waals surface area contributed by atoms with Crippen LogP contribution in [0.5, 0.6) is 0 Å². The average Bonchev–Trinajstić information content (AvgIpc) is 2.86. The van der Waals surface area contributed by atoms with Gasteiger partial charge >= 0.3 is 0 Å². The third-order valence-electron chi connectivity index (χ3n) is 2.86. The lowest BCUT2D eigenvalue weighted by Gasteiger charge is -2.12. The molecule has 2 heterocycles. The van der Waals surface area contributed by atoms with Crippen molar-refractivity contribution in [3.8, 4) is 0 Å². The predicted octanol–water partition coefficient (Wildman–Crippen LogP) is 2.74. The molecule has 1 N–H and O–H groups in total. The summed E-state index contributed by atoms with van der Waals surface area (Å²) in [5.74, 6) is 2.01. The Balaban J connectivity index is 2.11. The van der Waals surface area contributed by atoms with Gasteiger partial charge in [0.2, 0.25) is 0 Å². The van der Waals surface area contributed by atoms with Crippen LogP contribution in [0.25, 0.3) is 0 Å². The van der Waals surface area contributed by atoms with Crippen LogP contribution in [-0.4, -0.2) is 12.0 Å². The van der Waals surface area contributed by atoms with Crippen LogP contribution in [0.15, 0.2) is 40.9 Å². The summed E-state index contributed by atoms with van der Waals surface area (Å²) in [4.78, 5) is 4.34. The van der Waals surface area contributed by atoms with Crippen molar-refractivity contribution in [2.75, 3.05) is 7.05 Å². The monoisotopic (exact) mass is 230 g/mol. The molecule has 1 unspecified atom stereocenters. The molecule has 17 heavy (non-hydrogen) atoms. The first kappa shape index (κ1) is 11.9. The number of furan rings is 1. The van der Waals surface area contributed by atoms with Crippen molar-refractivity contribution in [3.05, 3.63) is 53.7 Å². The molecule has 0 saturated heterocycles. The lowest BCUT2D eigenvalue weighted by Crippen LogP contribution is -2.18. The third kappa shape index (κ3) is 2.94. The van der Waals surface area contributed by atoms with Gasteiger partial charge in [-0.25, -0.2) is 0 Å². The van der Waals surface area contributed by atoms with Gasteiger partial charge in [-0.2, -0.15) is 0 Å². The fourth-order valence-electron chi connectivity index (χ4n) is 1.84. The number of hydrogen-bond acceptors (Lipinski definition) is 3. The average molecular weight is 230 g/mol. The number of aromatic nitrogens is 1. The van der Waals surface area contributed by atoms with Crippen LogP contribution in [0.2, 0.25) is 0 Å². The van der Waals surface area contributed by atoms with Gasteiger partial charge in [0.1, 0.15) is 11.5 Å². The van der Waals surface area contributed by atoms with E-state index in [1.54, 1.807) is 0 Å². The third-order valence-corrected chi connectivity index (χ3v) is 2.86. The Labute approximate surface area is 102 Å². The minimum absolute atomic E-state index is 0.185. The van der Waals surface area contributed by atoms with Gasteiger partial charge in [-0.05, 0) is 31.3 Å². The summed E-state index contributed by atoms with van der Waals surface area (Å²) in [7, 11) is 1.95. The van der Waals surface area contributed by atoms with Gasteiger partial charge in [0, 0.05) is 24.7 Å². The van der Waals surface area contributed by atoms with E-state index >= 15 is 0 Å². The van der Waals surface area contributed by atoms with E-state index in [9.17, 15) is 0 Å². The van der Waals surface area contributed by atoms with Gasteiger partial charge in [0.15, 0.2) is 0 Å². The summed E-state index contributed by atoms with van der Waals surface area (Å²) in [5.41, 5.74) is 1.07. The van der Waals surface area contributed by atoms with Crippen LogP contribution >= 0.6 is 0 Å². The van der Waals surface area contributed by atoms with Gasteiger partial charge in [0.05, 0.1) is 6.04 Å². The number of aryl methyl sites for hydroxylation is 1. The topological polar surface area (TPSA) is 38.1 Å². The van der Waals surface area contributed by atoms with E-state index in [4.69, 9.17) is 4.42 Å². The molecule has 90 valence electrons. The maximum atomic E-state index is 5.77. The van der Waals surface area contributed by atoms with Crippen molar-refractivity contribution < 1.29 is 4.42 Å². The fourth-order valence-corrected chi connectivity index (χ4v) is 1.84. The highest BCUT2D eigenvalue weighted by Crippen LogP contribution is 2.20. The zero-order valence-electron chi connectivity index (χ0n) is 10.3. The molecule has 0 fully saturated rings. The Morgan fingerprint density at radius 3 is 2.76 bits per heavy atom. The Bertz CT molecular complexity index is 450. The summed E-state index contributed by atoms with van der Waals surface area (Å²) < 4.78 is 5.77. The zero-order chi connectivity index (χ0) is 12.1. The Morgan fingerprint density at radius 1 is 1.29 bits per heavy atom. The fraction of sp³-hybridized carbons (Fsp3) is 0.357. The summed E-state index contributed by atoms with van der Waals surface area (Å²) in [5, 5.41) is 3.27. The van der Waals surface area contributed by atoms with Crippen molar-refractivity contribution >= 4 is 0 Å². The minimum atomic E-state index is 0.185. The van der Waals surface area contributed by atoms with Crippen molar-refractivity contribution in [1.29, 1.82) is 0 Å². The van der Waals surface area contributed by atoms with E-state index < -0.39 is 0 Å². The summed E-state index contributed by atoms with van der Waals surface area (Å²) in [6.07, 6.45) is 3.59. The molecule has 0 aliphatic heterocycles. The largest absolute Gasteiger partial charge is 0.464 e. The summed E-state index contributed by atoms with van der Waals surface area (Å²) in [6, 6.07) is 10.2. The van der Waals surface area contributed by atoms with E-state index in [1.165, 1.54) is 0 Å². The highest BCUT2D eigenvalue weighted by atomic mass is 16.3. The molecule has 3 heteroatoms. The molecule has 0 aliphatic rings. The zero-order valence-corrected chi connectivity index (χ0v) is 10.3. The Hall–Kier alpha value is -1.61. The van der Waals surface area contributed by atoms with Gasteiger partial charge in [-0.15, -0.1) is 0 Å². The number of nitrogens with one attached hydrogen (secondary N) is 1. The van der Waals surface area contributed by atoms with E-state index in [0.29, 0.717) is 0 Å². The van der Waals surface area contributed by atoms with E-state index in [-0.39, 0.29) is 6.04 Å². The molecular weight excluding hydrogens is 212 g/mol. The molecule has 0 aromatic carbocycles. The van der Waals surface area contributed by atoms with E-state index in [0.717, 1.165) is 30.1 Å². The van der Waals surface area contributed by atoms with Gasteiger partial charge < -0.3 is 9.73 Å². The van der Waals surface area contributed by atoms with Gasteiger partial charge in [0.25, 0.3) is 0 Å². The number of nitrogens with zero attached hydrogens (tertiary/aromatic N) is 1. The summed E-state index contributed by atoms with van der Waals surface area (Å²) >= 11 is 0. The molecule has 3 nitrogen and oxygen atoms in total. The Kier molecular flexibility index (Phi) is 3.94. The van der Waals surface area contributed by atoms with Gasteiger partial charge in [-0.3, -0.25) is 4.98 Å². The van der Waals surface area contributed by atoms with Crippen LogP contribution in [0.1, 0.15) is 30.2 Å². The minimum Gasteiger partial charge on any atom is -0.464 e. The number of pyridine rings is 1. The van der Waals surface area contributed by atoms with Crippen molar-refractivity contribution in [3.63, 3.8) is 0 Å². The molecular formula is C14H18N2O. The highest BCUT2D eigenvalue weighted by molar-refractivity contribution is 5.14. The Morgan fingerprint density at radius 2 is 2.18 bits per heavy atom. The quantitative estimate of drug-likeness (QED) is 0.858. The van der Waals surface area contributed by atoms with Crippen LogP contribution in [0.4, 0.5) is 0 Å². The first-order valence-electron chi connectivity index (χ1n) is 5.99. The van der Waals surface area contributed by atoms with Crippen molar-refractivity contribution in [2.45, 2.75) is 25.8 Å². The second kappa shape index (κ2) is 5.64. The molecule has 0 amide bonds. The molecule has 2 aromatic rings. The molecule has 0 aliphatic carbocycles. The molecule has 0 radical (unpaired) electrons. The van der Waals surface area contributed by atoms with Crippen LogP contribution in [-0.2, 0) is 12.8 Å². The molecule has 1 atom stereocenters. The van der Waals surface area contributed by atoms with Crippen LogP contribution < -0.4 is 5.32 Å². The first-order valence-corrected chi connectivity index (χ1v) is 5.99. The number of likely N-dealkylation sites (N-methyl/N-ethyl adjacent to an activating group) is 1. The molecule has 2 rings (SSSR count). The maximum Gasteiger partial charge on any atom is 0.121 e. The normalized spacial score (nSPS) is 12.6. The first-order chi connectivity index (χ1) is 8.33. The molecule has 0 saturated carbocycles. The van der Waals surface area contributed by atoms with Gasteiger partial charge in [-0.1, -0.05) is 13.0 Å². The van der Waals surface area contributed by atoms with E-state index in [1.807, 2.05) is 43.6 Å². The molecule has 0 bridgehead atoms. The standard InChI is InChI=1S/C14H18N2O/c1-3-12-7-8-14(17-12)13(15-2)10-11-6-4-5-9-16-11/h4-9,13,15H,3,10H2,1-2H3. The maximum absolute atomic E-state index is 5.77. The molecule has 2 aromatic heterocycles. The second-order valence-electron chi connectivity index (χ2n) is 4.02. The number of rotatable bonds is 5. The molecule has 0 spiro atoms.